The minimum atomic E-state index is -3.80. The third kappa shape index (κ3) is 3.82. The number of nitrogens with zero attached hydrogens (tertiary/aromatic N) is 1. The highest BCUT2D eigenvalue weighted by Crippen LogP contribution is 2.27. The lowest BCUT2D eigenvalue weighted by atomic mass is 10.1. The zero-order valence-electron chi connectivity index (χ0n) is 12.3. The molecule has 0 aromatic heterocycles. The first-order chi connectivity index (χ1) is 9.62. The molecule has 118 valence electrons. The number of rotatable bonds is 6. The Bertz CT molecular complexity index is 644. The van der Waals surface area contributed by atoms with Crippen LogP contribution in [0.3, 0.4) is 0 Å². The largest absolute Gasteiger partial charge is 0.478 e. The molecule has 8 heteroatoms. The number of hydrogen-bond acceptors (Lipinski definition) is 4. The minimum absolute atomic E-state index is 0.0456. The van der Waals surface area contributed by atoms with E-state index in [4.69, 9.17) is 9.84 Å². The second kappa shape index (κ2) is 6.87. The van der Waals surface area contributed by atoms with E-state index >= 15 is 0 Å². The van der Waals surface area contributed by atoms with Crippen LogP contribution in [0.1, 0.15) is 22.8 Å². The van der Waals surface area contributed by atoms with Gasteiger partial charge < -0.3 is 9.84 Å². The molecule has 0 aliphatic heterocycles. The Hall–Kier alpha value is -0.960. The summed E-state index contributed by atoms with van der Waals surface area (Å²) in [4.78, 5) is 11.1. The molecule has 1 unspecified atom stereocenters. The Balaban J connectivity index is 3.36. The number of benzene rings is 1. The van der Waals surface area contributed by atoms with Gasteiger partial charge in [-0.2, -0.15) is 4.31 Å². The quantitative estimate of drug-likeness (QED) is 0.817. The molecule has 0 saturated carbocycles. The zero-order valence-corrected chi connectivity index (χ0v) is 14.7. The molecule has 6 nitrogen and oxygen atoms in total. The molecule has 0 aliphatic rings. The van der Waals surface area contributed by atoms with Crippen molar-refractivity contribution < 1.29 is 23.1 Å². The van der Waals surface area contributed by atoms with E-state index in [1.54, 1.807) is 13.8 Å². The van der Waals surface area contributed by atoms with Crippen molar-refractivity contribution in [2.75, 3.05) is 20.8 Å². The summed E-state index contributed by atoms with van der Waals surface area (Å²) in [6, 6.07) is 2.22. The van der Waals surface area contributed by atoms with Crippen LogP contribution < -0.4 is 0 Å². The van der Waals surface area contributed by atoms with Crippen LogP contribution in [-0.2, 0) is 14.8 Å². The summed E-state index contributed by atoms with van der Waals surface area (Å²) in [5.74, 6) is -1.17. The number of methoxy groups -OCH3 is 1. The number of carboxylic acid groups (broad SMARTS) is 1. The van der Waals surface area contributed by atoms with Crippen LogP contribution in [0.15, 0.2) is 21.5 Å². The molecule has 0 radical (unpaired) electrons. The van der Waals surface area contributed by atoms with E-state index in [-0.39, 0.29) is 23.1 Å². The second-order valence-corrected chi connectivity index (χ2v) is 7.56. The molecular formula is C13H18BrNO5S. The Kier molecular flexibility index (Phi) is 5.92. The molecule has 1 rings (SSSR count). The second-order valence-electron chi connectivity index (χ2n) is 4.71. The predicted molar refractivity (Wildman–Crippen MR) is 82.1 cm³/mol. The van der Waals surface area contributed by atoms with Gasteiger partial charge in [-0.25, -0.2) is 13.2 Å². The lowest BCUT2D eigenvalue weighted by molar-refractivity contribution is 0.0695. The van der Waals surface area contributed by atoms with Gasteiger partial charge in [-0.05, 0) is 31.5 Å². The third-order valence-electron chi connectivity index (χ3n) is 3.25. The SMILES string of the molecule is COCC(C)N(C)S(=O)(=O)c1cc(Br)c(C)c(C(=O)O)c1. The van der Waals surface area contributed by atoms with E-state index < -0.39 is 16.0 Å². The van der Waals surface area contributed by atoms with Gasteiger partial charge in [0.1, 0.15) is 0 Å². The number of sulfonamides is 1. The van der Waals surface area contributed by atoms with E-state index in [2.05, 4.69) is 15.9 Å². The lowest BCUT2D eigenvalue weighted by Gasteiger charge is -2.24. The van der Waals surface area contributed by atoms with Crippen molar-refractivity contribution in [3.05, 3.63) is 27.7 Å². The van der Waals surface area contributed by atoms with Crippen LogP contribution in [0.25, 0.3) is 0 Å². The fraction of sp³-hybridized carbons (Fsp3) is 0.462. The van der Waals surface area contributed by atoms with Crippen LogP contribution in [-0.4, -0.2) is 50.6 Å². The first kappa shape index (κ1) is 18.1. The van der Waals surface area contributed by atoms with Crippen molar-refractivity contribution in [2.24, 2.45) is 0 Å². The van der Waals surface area contributed by atoms with Crippen molar-refractivity contribution >= 4 is 31.9 Å². The third-order valence-corrected chi connectivity index (χ3v) is 6.03. The zero-order chi connectivity index (χ0) is 16.4. The van der Waals surface area contributed by atoms with Gasteiger partial charge >= 0.3 is 5.97 Å². The van der Waals surface area contributed by atoms with E-state index in [1.807, 2.05) is 0 Å². The maximum absolute atomic E-state index is 12.5. The van der Waals surface area contributed by atoms with Crippen molar-refractivity contribution in [3.8, 4) is 0 Å². The average Bonchev–Trinajstić information content (AvgIpc) is 2.40. The van der Waals surface area contributed by atoms with Gasteiger partial charge in [-0.15, -0.1) is 0 Å². The molecular weight excluding hydrogens is 362 g/mol. The highest BCUT2D eigenvalue weighted by Gasteiger charge is 2.27. The first-order valence-corrected chi connectivity index (χ1v) is 8.36. The van der Waals surface area contributed by atoms with Crippen LogP contribution in [0.5, 0.6) is 0 Å². The highest BCUT2D eigenvalue weighted by molar-refractivity contribution is 9.10. The van der Waals surface area contributed by atoms with Crippen LogP contribution in [0.2, 0.25) is 0 Å². The average molecular weight is 380 g/mol. The molecule has 0 aliphatic carbocycles. The number of likely N-dealkylation sites (N-methyl/N-ethyl adjacent to an activating group) is 1. The van der Waals surface area contributed by atoms with Gasteiger partial charge in [0, 0.05) is 24.7 Å². The fourth-order valence-corrected chi connectivity index (χ4v) is 3.79. The Morgan fingerprint density at radius 1 is 1.48 bits per heavy atom. The molecule has 1 aromatic carbocycles. The Morgan fingerprint density at radius 3 is 2.52 bits per heavy atom. The van der Waals surface area contributed by atoms with Gasteiger partial charge in [0.25, 0.3) is 0 Å². The Morgan fingerprint density at radius 2 is 2.05 bits per heavy atom. The molecule has 0 fully saturated rings. The number of carbonyl (C=O) groups is 1. The summed E-state index contributed by atoms with van der Waals surface area (Å²) in [6.45, 7) is 3.57. The van der Waals surface area contributed by atoms with Crippen molar-refractivity contribution in [1.29, 1.82) is 0 Å². The molecule has 1 N–H and O–H groups in total. The molecule has 0 heterocycles. The number of carboxylic acids is 1. The van der Waals surface area contributed by atoms with E-state index in [0.29, 0.717) is 10.0 Å². The molecule has 0 saturated heterocycles. The minimum Gasteiger partial charge on any atom is -0.478 e. The van der Waals surface area contributed by atoms with Crippen LogP contribution >= 0.6 is 15.9 Å². The van der Waals surface area contributed by atoms with Gasteiger partial charge in [0.05, 0.1) is 17.1 Å². The number of halogens is 1. The lowest BCUT2D eigenvalue weighted by Crippen LogP contribution is -2.37. The van der Waals surface area contributed by atoms with Crippen LogP contribution in [0, 0.1) is 6.92 Å². The summed E-state index contributed by atoms with van der Waals surface area (Å²) < 4.78 is 31.6. The number of ether oxygens (including phenoxy) is 1. The summed E-state index contributed by atoms with van der Waals surface area (Å²) in [5.41, 5.74) is 0.435. The number of hydrogen-bond donors (Lipinski definition) is 1. The summed E-state index contributed by atoms with van der Waals surface area (Å²) in [7, 11) is -0.870. The molecule has 1 aromatic rings. The first-order valence-electron chi connectivity index (χ1n) is 6.13. The van der Waals surface area contributed by atoms with Gasteiger partial charge in [-0.3, -0.25) is 0 Å². The molecule has 21 heavy (non-hydrogen) atoms. The van der Waals surface area contributed by atoms with Crippen molar-refractivity contribution in [3.63, 3.8) is 0 Å². The highest BCUT2D eigenvalue weighted by atomic mass is 79.9. The molecule has 0 bridgehead atoms. The Labute approximate surface area is 132 Å². The molecule has 0 spiro atoms. The molecule has 0 amide bonds. The standard InChI is InChI=1S/C13H18BrNO5S/c1-8(7-20-4)15(3)21(18,19)10-5-11(13(16)17)9(2)12(14)6-10/h5-6,8H,7H2,1-4H3,(H,16,17). The topological polar surface area (TPSA) is 83.9 Å². The van der Waals surface area contributed by atoms with Crippen molar-refractivity contribution in [2.45, 2.75) is 24.8 Å². The van der Waals surface area contributed by atoms with Crippen LogP contribution in [0.4, 0.5) is 0 Å². The normalized spacial score (nSPS) is 13.4. The van der Waals surface area contributed by atoms with Gasteiger partial charge in [0.2, 0.25) is 10.0 Å². The fourth-order valence-electron chi connectivity index (χ4n) is 1.77. The van der Waals surface area contributed by atoms with E-state index in [0.717, 1.165) is 0 Å². The number of aromatic carboxylic acids is 1. The summed E-state index contributed by atoms with van der Waals surface area (Å²) in [5, 5.41) is 9.16. The van der Waals surface area contributed by atoms with Gasteiger partial charge in [0.15, 0.2) is 0 Å². The smallest absolute Gasteiger partial charge is 0.336 e. The monoisotopic (exact) mass is 379 g/mol. The van der Waals surface area contributed by atoms with E-state index in [1.165, 1.54) is 30.6 Å². The van der Waals surface area contributed by atoms with E-state index in [9.17, 15) is 13.2 Å². The van der Waals surface area contributed by atoms with Gasteiger partial charge in [-0.1, -0.05) is 15.9 Å². The maximum atomic E-state index is 12.5. The maximum Gasteiger partial charge on any atom is 0.336 e. The summed E-state index contributed by atoms with van der Waals surface area (Å²) >= 11 is 3.20. The predicted octanol–water partition coefficient (Wildman–Crippen LogP) is 2.11. The summed E-state index contributed by atoms with van der Waals surface area (Å²) in [6.07, 6.45) is 0. The van der Waals surface area contributed by atoms with Crippen molar-refractivity contribution in [1.82, 2.24) is 4.31 Å². The molecule has 1 atom stereocenters.